The van der Waals surface area contributed by atoms with Crippen LogP contribution in [0.25, 0.3) is 0 Å². The van der Waals surface area contributed by atoms with Gasteiger partial charge in [0.05, 0.1) is 20.3 Å². The van der Waals surface area contributed by atoms with E-state index in [-0.39, 0.29) is 33.0 Å². The molecule has 0 aromatic carbocycles. The van der Waals surface area contributed by atoms with Crippen molar-refractivity contribution in [2.75, 3.05) is 26.9 Å². The second-order valence-corrected chi connectivity index (χ2v) is 4.95. The number of nitrogens with one attached hydrogen (secondary N) is 1. The highest BCUT2D eigenvalue weighted by Crippen LogP contribution is 2.28. The fourth-order valence-electron chi connectivity index (χ4n) is 2.09. The fourth-order valence-corrected chi connectivity index (χ4v) is 2.09. The van der Waals surface area contributed by atoms with Gasteiger partial charge in [0.15, 0.2) is 6.23 Å². The summed E-state index contributed by atoms with van der Waals surface area (Å²) in [7, 11) is 1.24. The summed E-state index contributed by atoms with van der Waals surface area (Å²) < 4.78 is 16.3. The van der Waals surface area contributed by atoms with Crippen molar-refractivity contribution in [2.45, 2.75) is 32.0 Å². The van der Waals surface area contributed by atoms with Crippen LogP contribution in [0, 0.1) is 0 Å². The first-order valence-corrected chi connectivity index (χ1v) is 7.06. The lowest BCUT2D eigenvalue weighted by Gasteiger charge is -2.14. The number of amides is 2. The van der Waals surface area contributed by atoms with E-state index in [9.17, 15) is 19.8 Å². The van der Waals surface area contributed by atoms with Gasteiger partial charge in [-0.05, 0) is 0 Å². The molecule has 12 nitrogen and oxygen atoms in total. The lowest BCUT2D eigenvalue weighted by atomic mass is 10.1. The number of primary amides is 1. The Morgan fingerprint density at radius 2 is 2.16 bits per heavy atom. The maximum absolute atomic E-state index is 11.0. The molecule has 5 N–H and O–H groups in total. The first-order valence-electron chi connectivity index (χ1n) is 7.06. The van der Waals surface area contributed by atoms with Gasteiger partial charge < -0.3 is 35.5 Å². The molecule has 1 aromatic heterocycles. The summed E-state index contributed by atoms with van der Waals surface area (Å²) >= 11 is 0. The molecule has 0 saturated carbocycles. The van der Waals surface area contributed by atoms with Gasteiger partial charge >= 0.3 is 6.09 Å². The molecule has 2 amide bonds. The normalized spacial score (nSPS) is 25.2. The Bertz CT molecular complexity index is 581. The van der Waals surface area contributed by atoms with Crippen molar-refractivity contribution in [2.24, 2.45) is 5.73 Å². The number of aliphatic hydroxyl groups excluding tert-OH is 2. The summed E-state index contributed by atoms with van der Waals surface area (Å²) in [6, 6.07) is 0. The second kappa shape index (κ2) is 9.27. The molecule has 12 heteroatoms. The van der Waals surface area contributed by atoms with E-state index in [0.717, 1.165) is 4.68 Å². The average molecular weight is 361 g/mol. The van der Waals surface area contributed by atoms with E-state index in [1.165, 1.54) is 13.4 Å². The van der Waals surface area contributed by atoms with Crippen molar-refractivity contribution in [3.63, 3.8) is 0 Å². The van der Waals surface area contributed by atoms with E-state index in [0.29, 0.717) is 0 Å². The summed E-state index contributed by atoms with van der Waals surface area (Å²) in [5, 5.41) is 26.2. The Kier molecular flexibility index (Phi) is 7.70. The van der Waals surface area contributed by atoms with Gasteiger partial charge in [-0.25, -0.2) is 14.5 Å². The van der Waals surface area contributed by atoms with E-state index in [1.54, 1.807) is 0 Å². The number of ether oxygens (including phenoxy) is 3. The molecule has 4 atom stereocenters. The zero-order valence-corrected chi connectivity index (χ0v) is 12.9. The molecule has 25 heavy (non-hydrogen) atoms. The minimum Gasteiger partial charge on any atom is -0.453 e. The quantitative estimate of drug-likeness (QED) is 0.401. The predicted molar refractivity (Wildman–Crippen MR) is 82.4 cm³/mol. The van der Waals surface area contributed by atoms with Gasteiger partial charge in [-0.1, -0.05) is 7.43 Å². The molecule has 0 aliphatic carbocycles. The third kappa shape index (κ3) is 5.09. The summed E-state index contributed by atoms with van der Waals surface area (Å²) in [5.74, 6) is -1.05. The van der Waals surface area contributed by atoms with Gasteiger partial charge in [0.25, 0.3) is 5.91 Å². The Morgan fingerprint density at radius 1 is 1.44 bits per heavy atom. The molecule has 0 spiro atoms. The van der Waals surface area contributed by atoms with Gasteiger partial charge in [-0.15, -0.1) is 5.10 Å². The van der Waals surface area contributed by atoms with Crippen molar-refractivity contribution in [1.82, 2.24) is 20.1 Å². The monoisotopic (exact) mass is 361 g/mol. The first-order chi connectivity index (χ1) is 11.4. The predicted octanol–water partition coefficient (Wildman–Crippen LogP) is -2.00. The number of nitrogens with zero attached hydrogens (tertiary/aromatic N) is 3. The summed E-state index contributed by atoms with van der Waals surface area (Å²) in [5.41, 5.74) is 5.05. The highest BCUT2D eigenvalue weighted by molar-refractivity contribution is 5.88. The van der Waals surface area contributed by atoms with Gasteiger partial charge in [0.1, 0.15) is 24.6 Å². The zero-order valence-electron chi connectivity index (χ0n) is 12.9. The van der Waals surface area contributed by atoms with Crippen molar-refractivity contribution < 1.29 is 34.0 Å². The van der Waals surface area contributed by atoms with Crippen LogP contribution in [0.2, 0.25) is 0 Å². The number of aliphatic hydroxyl groups is 2. The average Bonchev–Trinajstić information content (AvgIpc) is 3.14. The molecule has 1 saturated heterocycles. The lowest BCUT2D eigenvalue weighted by molar-refractivity contribution is -0.0708. The molecule has 142 valence electrons. The molecule has 0 radical (unpaired) electrons. The Hall–Kier alpha value is -2.28. The SMILES string of the molecule is C.COC(=O)NCCOC[C@H]1O[C@@H](n2cnc(C(N)=O)n2)C(O)[C@@H]1O. The highest BCUT2D eigenvalue weighted by atomic mass is 16.6. The maximum Gasteiger partial charge on any atom is 0.406 e. The van der Waals surface area contributed by atoms with Crippen LogP contribution < -0.4 is 11.1 Å². The minimum absolute atomic E-state index is 0. The number of carbonyl (C=O) groups excluding carboxylic acids is 2. The van der Waals surface area contributed by atoms with E-state index in [2.05, 4.69) is 20.1 Å². The van der Waals surface area contributed by atoms with E-state index in [1.807, 2.05) is 0 Å². The molecule has 2 rings (SSSR count). The van der Waals surface area contributed by atoms with Crippen LogP contribution in [0.15, 0.2) is 6.33 Å². The lowest BCUT2D eigenvalue weighted by Crippen LogP contribution is -2.35. The second-order valence-electron chi connectivity index (χ2n) is 4.95. The van der Waals surface area contributed by atoms with Crippen LogP contribution in [0.5, 0.6) is 0 Å². The number of carbonyl (C=O) groups is 2. The third-order valence-corrected chi connectivity index (χ3v) is 3.31. The van der Waals surface area contributed by atoms with Crippen LogP contribution in [-0.2, 0) is 14.2 Å². The third-order valence-electron chi connectivity index (χ3n) is 3.31. The number of nitrogens with two attached hydrogens (primary N) is 1. The van der Waals surface area contributed by atoms with Crippen molar-refractivity contribution in [3.8, 4) is 0 Å². The zero-order chi connectivity index (χ0) is 17.7. The Morgan fingerprint density at radius 3 is 2.76 bits per heavy atom. The molecule has 2 heterocycles. The topological polar surface area (TPSA) is 171 Å². The maximum atomic E-state index is 11.0. The van der Waals surface area contributed by atoms with Gasteiger partial charge in [-0.3, -0.25) is 4.79 Å². The Balaban J connectivity index is 0.00000312. The number of aromatic nitrogens is 3. The van der Waals surface area contributed by atoms with Crippen molar-refractivity contribution >= 4 is 12.0 Å². The molecule has 0 bridgehead atoms. The first kappa shape index (κ1) is 20.8. The number of alkyl carbamates (subject to hydrolysis) is 1. The van der Waals surface area contributed by atoms with Crippen molar-refractivity contribution in [1.29, 1.82) is 0 Å². The van der Waals surface area contributed by atoms with Crippen LogP contribution >= 0.6 is 0 Å². The highest BCUT2D eigenvalue weighted by Gasteiger charge is 2.44. The van der Waals surface area contributed by atoms with Crippen LogP contribution in [-0.4, -0.2) is 82.2 Å². The van der Waals surface area contributed by atoms with E-state index in [4.69, 9.17) is 15.2 Å². The smallest absolute Gasteiger partial charge is 0.406 e. The summed E-state index contributed by atoms with van der Waals surface area (Å²) in [6.45, 7) is 0.360. The standard InChI is InChI=1S/C12H19N5O7.CH4/c1-22-12(21)14-2-3-23-4-6-7(18)8(19)11(24-6)17-5-15-10(16-17)9(13)20;/h5-8,11,18-19H,2-4H2,1H3,(H2,13,20)(H,14,21);1H4/t6-,7-,8?,11-;/m1./s1. The largest absolute Gasteiger partial charge is 0.453 e. The molecule has 1 aliphatic heterocycles. The number of methoxy groups -OCH3 is 1. The van der Waals surface area contributed by atoms with Crippen LogP contribution in [0.3, 0.4) is 0 Å². The van der Waals surface area contributed by atoms with Crippen LogP contribution in [0.4, 0.5) is 4.79 Å². The van der Waals surface area contributed by atoms with E-state index >= 15 is 0 Å². The number of rotatable bonds is 7. The van der Waals surface area contributed by atoms with Crippen LogP contribution in [0.1, 0.15) is 24.3 Å². The fraction of sp³-hybridized carbons (Fsp3) is 0.692. The number of hydrogen-bond donors (Lipinski definition) is 4. The summed E-state index contributed by atoms with van der Waals surface area (Å²) in [6.07, 6.45) is -3.75. The molecular weight excluding hydrogens is 338 g/mol. The molecular formula is C13H23N5O7. The molecule has 1 unspecified atom stereocenters. The Labute approximate surface area is 143 Å². The molecule has 1 aliphatic rings. The summed E-state index contributed by atoms with van der Waals surface area (Å²) in [4.78, 5) is 25.5. The molecule has 1 fully saturated rings. The minimum atomic E-state index is -1.28. The van der Waals surface area contributed by atoms with Gasteiger partial charge in [0, 0.05) is 6.54 Å². The molecule has 1 aromatic rings. The van der Waals surface area contributed by atoms with E-state index < -0.39 is 36.5 Å². The van der Waals surface area contributed by atoms with Crippen molar-refractivity contribution in [3.05, 3.63) is 12.2 Å². The van der Waals surface area contributed by atoms with Gasteiger partial charge in [-0.2, -0.15) is 0 Å². The van der Waals surface area contributed by atoms with Gasteiger partial charge in [0.2, 0.25) is 5.82 Å². The number of hydrogen-bond acceptors (Lipinski definition) is 9.